The largest absolute Gasteiger partial charge is 0.545 e. The van der Waals surface area contributed by atoms with Crippen LogP contribution in [0.4, 0.5) is 5.69 Å². The fraction of sp³-hybridized carbons (Fsp3) is 0.458. The van der Waals surface area contributed by atoms with Crippen LogP contribution in [0.15, 0.2) is 42.5 Å². The van der Waals surface area contributed by atoms with E-state index >= 15 is 0 Å². The maximum Gasteiger partial charge on any atom is 0.0736 e. The summed E-state index contributed by atoms with van der Waals surface area (Å²) in [5, 5.41) is 15.4. The molecule has 1 heterocycles. The molecule has 3 aliphatic rings. The lowest BCUT2D eigenvalue weighted by molar-refractivity contribution is -0.254. The van der Waals surface area contributed by atoms with Crippen molar-refractivity contribution < 1.29 is 9.90 Å². The SMILES string of the molecule is CC(C)c1ccc(C2Nc3c(C(=O)[O-])cccc3C3C4CCC(C4)C23)cc1. The van der Waals surface area contributed by atoms with E-state index in [4.69, 9.17) is 0 Å². The van der Waals surface area contributed by atoms with Gasteiger partial charge in [-0.15, -0.1) is 0 Å². The molecule has 3 heteroatoms. The van der Waals surface area contributed by atoms with Crippen molar-refractivity contribution in [3.05, 3.63) is 64.7 Å². The Morgan fingerprint density at radius 3 is 2.52 bits per heavy atom. The lowest BCUT2D eigenvalue weighted by Crippen LogP contribution is -2.37. The van der Waals surface area contributed by atoms with Crippen LogP contribution in [-0.2, 0) is 0 Å². The van der Waals surface area contributed by atoms with Crippen LogP contribution in [0.1, 0.15) is 78.0 Å². The molecule has 2 bridgehead atoms. The molecule has 2 saturated carbocycles. The number of anilines is 1. The van der Waals surface area contributed by atoms with Gasteiger partial charge in [0.25, 0.3) is 0 Å². The molecule has 0 spiro atoms. The molecule has 0 radical (unpaired) electrons. The first kappa shape index (κ1) is 16.9. The molecule has 1 aliphatic heterocycles. The van der Waals surface area contributed by atoms with E-state index in [1.165, 1.54) is 36.0 Å². The minimum Gasteiger partial charge on any atom is -0.545 e. The molecule has 3 nitrogen and oxygen atoms in total. The summed E-state index contributed by atoms with van der Waals surface area (Å²) in [6.07, 6.45) is 3.87. The summed E-state index contributed by atoms with van der Waals surface area (Å²) in [6.45, 7) is 4.42. The number of carbonyl (C=O) groups is 1. The normalized spacial score (nSPS) is 30.7. The Labute approximate surface area is 160 Å². The molecule has 5 atom stereocenters. The summed E-state index contributed by atoms with van der Waals surface area (Å²) in [6, 6.07) is 14.8. The number of para-hydroxylation sites is 1. The molecular weight excluding hydrogens is 334 g/mol. The van der Waals surface area contributed by atoms with Crippen molar-refractivity contribution in [2.75, 3.05) is 5.32 Å². The highest BCUT2D eigenvalue weighted by Gasteiger charge is 2.54. The molecule has 0 amide bonds. The molecule has 2 aromatic carbocycles. The van der Waals surface area contributed by atoms with Gasteiger partial charge in [0, 0.05) is 11.3 Å². The number of fused-ring (bicyclic) bond motifs is 7. The van der Waals surface area contributed by atoms with Crippen LogP contribution in [0.3, 0.4) is 0 Å². The summed E-state index contributed by atoms with van der Waals surface area (Å²) >= 11 is 0. The molecule has 2 fully saturated rings. The number of hydrogen-bond acceptors (Lipinski definition) is 3. The third-order valence-corrected chi connectivity index (χ3v) is 7.30. The molecule has 27 heavy (non-hydrogen) atoms. The van der Waals surface area contributed by atoms with E-state index in [2.05, 4.69) is 49.5 Å². The molecule has 0 aromatic heterocycles. The van der Waals surface area contributed by atoms with Crippen LogP contribution in [-0.4, -0.2) is 5.97 Å². The van der Waals surface area contributed by atoms with Crippen molar-refractivity contribution in [3.63, 3.8) is 0 Å². The van der Waals surface area contributed by atoms with Gasteiger partial charge in [0.1, 0.15) is 0 Å². The van der Waals surface area contributed by atoms with E-state index < -0.39 is 5.97 Å². The maximum absolute atomic E-state index is 11.7. The van der Waals surface area contributed by atoms with Crippen LogP contribution in [0.2, 0.25) is 0 Å². The summed E-state index contributed by atoms with van der Waals surface area (Å²) in [5.41, 5.74) is 4.92. The molecule has 140 valence electrons. The van der Waals surface area contributed by atoms with E-state index in [1.807, 2.05) is 6.07 Å². The Kier molecular flexibility index (Phi) is 3.82. The monoisotopic (exact) mass is 360 g/mol. The minimum atomic E-state index is -1.09. The van der Waals surface area contributed by atoms with Gasteiger partial charge in [-0.3, -0.25) is 0 Å². The number of aromatic carboxylic acids is 1. The predicted octanol–water partition coefficient (Wildman–Crippen LogP) is 4.47. The Morgan fingerprint density at radius 2 is 1.81 bits per heavy atom. The van der Waals surface area contributed by atoms with E-state index in [0.29, 0.717) is 29.2 Å². The maximum atomic E-state index is 11.7. The third kappa shape index (κ3) is 2.51. The molecule has 5 rings (SSSR count). The van der Waals surface area contributed by atoms with Crippen molar-refractivity contribution in [1.29, 1.82) is 0 Å². The molecule has 2 aromatic rings. The Hall–Kier alpha value is -2.29. The van der Waals surface area contributed by atoms with Gasteiger partial charge in [0.2, 0.25) is 0 Å². The Morgan fingerprint density at radius 1 is 1.07 bits per heavy atom. The second-order valence-corrected chi connectivity index (χ2v) is 8.94. The van der Waals surface area contributed by atoms with Gasteiger partial charge in [-0.1, -0.05) is 56.3 Å². The van der Waals surface area contributed by atoms with Gasteiger partial charge >= 0.3 is 0 Å². The summed E-state index contributed by atoms with van der Waals surface area (Å²) < 4.78 is 0. The number of carboxylic acid groups (broad SMARTS) is 1. The number of carboxylic acids is 1. The summed E-state index contributed by atoms with van der Waals surface area (Å²) in [7, 11) is 0. The quantitative estimate of drug-likeness (QED) is 0.879. The summed E-state index contributed by atoms with van der Waals surface area (Å²) in [4.78, 5) is 11.7. The predicted molar refractivity (Wildman–Crippen MR) is 105 cm³/mol. The fourth-order valence-corrected chi connectivity index (χ4v) is 6.10. The number of benzene rings is 2. The van der Waals surface area contributed by atoms with E-state index in [-0.39, 0.29) is 6.04 Å². The average molecular weight is 360 g/mol. The first-order valence-corrected chi connectivity index (χ1v) is 10.2. The van der Waals surface area contributed by atoms with Gasteiger partial charge in [0.15, 0.2) is 0 Å². The zero-order valence-electron chi connectivity index (χ0n) is 15.9. The number of carbonyl (C=O) groups excluding carboxylic acids is 1. The van der Waals surface area contributed by atoms with Crippen LogP contribution in [0, 0.1) is 17.8 Å². The van der Waals surface area contributed by atoms with Crippen molar-refractivity contribution in [2.24, 2.45) is 17.8 Å². The third-order valence-electron chi connectivity index (χ3n) is 7.30. The average Bonchev–Trinajstić information content (AvgIpc) is 3.29. The van der Waals surface area contributed by atoms with Gasteiger partial charge in [-0.05, 0) is 65.5 Å². The van der Waals surface area contributed by atoms with Gasteiger partial charge < -0.3 is 15.2 Å². The highest BCUT2D eigenvalue weighted by molar-refractivity contribution is 5.94. The van der Waals surface area contributed by atoms with Crippen molar-refractivity contribution in [1.82, 2.24) is 0 Å². The van der Waals surface area contributed by atoms with Gasteiger partial charge in [-0.25, -0.2) is 0 Å². The van der Waals surface area contributed by atoms with Gasteiger partial charge in [-0.2, -0.15) is 0 Å². The van der Waals surface area contributed by atoms with Crippen molar-refractivity contribution in [2.45, 2.75) is 51.0 Å². The zero-order chi connectivity index (χ0) is 18.7. The first-order valence-electron chi connectivity index (χ1n) is 10.2. The van der Waals surface area contributed by atoms with E-state index in [1.54, 1.807) is 6.07 Å². The smallest absolute Gasteiger partial charge is 0.0736 e. The first-order chi connectivity index (χ1) is 13.0. The highest BCUT2D eigenvalue weighted by Crippen LogP contribution is 2.63. The van der Waals surface area contributed by atoms with Crippen LogP contribution in [0.5, 0.6) is 0 Å². The summed E-state index contributed by atoms with van der Waals surface area (Å²) in [5.74, 6) is 1.87. The molecule has 1 N–H and O–H groups in total. The second-order valence-electron chi connectivity index (χ2n) is 8.94. The molecule has 2 aliphatic carbocycles. The highest BCUT2D eigenvalue weighted by atomic mass is 16.4. The van der Waals surface area contributed by atoms with Gasteiger partial charge in [0.05, 0.1) is 12.0 Å². The number of rotatable bonds is 3. The molecule has 0 saturated heterocycles. The second kappa shape index (κ2) is 6.12. The lowest BCUT2D eigenvalue weighted by atomic mass is 9.67. The number of hydrogen-bond donors (Lipinski definition) is 1. The van der Waals surface area contributed by atoms with E-state index in [9.17, 15) is 9.90 Å². The number of nitrogens with one attached hydrogen (secondary N) is 1. The van der Waals surface area contributed by atoms with Crippen molar-refractivity contribution >= 4 is 11.7 Å². The molecule has 5 unspecified atom stereocenters. The topological polar surface area (TPSA) is 52.2 Å². The van der Waals surface area contributed by atoms with Crippen molar-refractivity contribution in [3.8, 4) is 0 Å². The Balaban J connectivity index is 1.62. The van der Waals surface area contributed by atoms with Crippen LogP contribution >= 0.6 is 0 Å². The minimum absolute atomic E-state index is 0.180. The lowest BCUT2D eigenvalue weighted by Gasteiger charge is -2.44. The fourth-order valence-electron chi connectivity index (χ4n) is 6.10. The van der Waals surface area contributed by atoms with Crippen LogP contribution < -0.4 is 10.4 Å². The van der Waals surface area contributed by atoms with Crippen LogP contribution in [0.25, 0.3) is 0 Å². The van der Waals surface area contributed by atoms with E-state index in [0.717, 1.165) is 11.6 Å². The standard InChI is InChI=1S/C24H27NO2/c1-13(2)14-6-8-15(9-7-14)22-21-17-11-10-16(12-17)20(21)18-4-3-5-19(24(26)27)23(18)25-22/h3-9,13,16-17,20-22,25H,10-12H2,1-2H3,(H,26,27)/p-1. The Bertz CT molecular complexity index is 886. The molecular formula is C24H26NO2-. The zero-order valence-corrected chi connectivity index (χ0v) is 15.9.